The average Bonchev–Trinajstić information content (AvgIpc) is 4.37. The van der Waals surface area contributed by atoms with Crippen molar-refractivity contribution in [3.63, 3.8) is 0 Å². The molecule has 4 aromatic heterocycles. The fourth-order valence-corrected chi connectivity index (χ4v) is 12.4. The molecule has 4 saturated heterocycles. The van der Waals surface area contributed by atoms with Crippen LogP contribution in [-0.2, 0) is 9.59 Å². The predicted molar refractivity (Wildman–Crippen MR) is 294 cm³/mol. The lowest BCUT2D eigenvalue weighted by Gasteiger charge is -2.43. The number of pyridine rings is 1. The Morgan fingerprint density at radius 1 is 0.885 bits per heavy atom. The summed E-state index contributed by atoms with van der Waals surface area (Å²) < 4.78 is 18.1. The number of fused-ring (bicyclic) bond motifs is 2. The molecule has 2 unspecified atom stereocenters. The lowest BCUT2D eigenvalue weighted by Crippen LogP contribution is -2.54. The van der Waals surface area contributed by atoms with E-state index in [1.165, 1.54) is 4.90 Å². The van der Waals surface area contributed by atoms with Gasteiger partial charge in [0, 0.05) is 106 Å². The van der Waals surface area contributed by atoms with Crippen molar-refractivity contribution >= 4 is 46.4 Å². The van der Waals surface area contributed by atoms with Crippen molar-refractivity contribution in [1.82, 2.24) is 45.3 Å². The summed E-state index contributed by atoms with van der Waals surface area (Å²) >= 11 is 1.59. The molecular weight excluding hydrogens is 1020 g/mol. The molecule has 4 aliphatic heterocycles. The van der Waals surface area contributed by atoms with Crippen LogP contribution in [0.25, 0.3) is 21.7 Å². The number of hydrogen-bond acceptors (Lipinski definition) is 18. The Morgan fingerprint density at radius 2 is 1.64 bits per heavy atom. The van der Waals surface area contributed by atoms with Crippen LogP contribution in [0.1, 0.15) is 75.9 Å². The van der Waals surface area contributed by atoms with Gasteiger partial charge in [0.25, 0.3) is 5.88 Å². The number of carbonyl (C=O) groups excluding carboxylic acids is 2. The average molecular weight is 1090 g/mol. The number of aryl methyl sites for hydroxylation is 1. The molecule has 78 heavy (non-hydrogen) atoms. The van der Waals surface area contributed by atoms with Crippen LogP contribution in [0, 0.1) is 12.8 Å². The molecule has 10 rings (SSSR count). The Hall–Kier alpha value is -7.40. The van der Waals surface area contributed by atoms with E-state index in [2.05, 4.69) is 62.5 Å². The van der Waals surface area contributed by atoms with E-state index >= 15 is 0 Å². The molecule has 4 fully saturated rings. The Morgan fingerprint density at radius 3 is 2.36 bits per heavy atom. The molecule has 412 valence electrons. The summed E-state index contributed by atoms with van der Waals surface area (Å²) in [5.41, 5.74) is 7.39. The zero-order chi connectivity index (χ0) is 54.6. The molecule has 4 aliphatic rings. The van der Waals surface area contributed by atoms with Gasteiger partial charge in [0.05, 0.1) is 39.6 Å². The maximum atomic E-state index is 14.3. The highest BCUT2D eigenvalue weighted by Crippen LogP contribution is 2.41. The Labute approximate surface area is 457 Å². The lowest BCUT2D eigenvalue weighted by atomic mass is 9.91. The van der Waals surface area contributed by atoms with E-state index in [1.807, 2.05) is 69.6 Å². The number of carbonyl (C=O) groups is 3. The molecule has 0 aliphatic carbocycles. The van der Waals surface area contributed by atoms with Gasteiger partial charge in [0.15, 0.2) is 11.6 Å². The van der Waals surface area contributed by atoms with Gasteiger partial charge >= 0.3 is 6.09 Å². The van der Waals surface area contributed by atoms with E-state index in [4.69, 9.17) is 14.0 Å². The van der Waals surface area contributed by atoms with E-state index < -0.39 is 24.2 Å². The van der Waals surface area contributed by atoms with Crippen molar-refractivity contribution in [2.75, 3.05) is 80.7 Å². The number of anilines is 3. The number of phenols is 1. The third-order valence-electron chi connectivity index (χ3n) is 15.5. The van der Waals surface area contributed by atoms with Crippen molar-refractivity contribution in [2.45, 2.75) is 96.1 Å². The number of thiazole rings is 1. The van der Waals surface area contributed by atoms with Gasteiger partial charge in [-0.3, -0.25) is 24.7 Å². The maximum Gasteiger partial charge on any atom is 0.410 e. The van der Waals surface area contributed by atoms with E-state index in [-0.39, 0.29) is 72.3 Å². The highest BCUT2D eigenvalue weighted by Gasteiger charge is 2.44. The number of para-hydroxylation sites is 1. The van der Waals surface area contributed by atoms with Gasteiger partial charge in [-0.25, -0.2) is 14.8 Å². The third kappa shape index (κ3) is 12.0. The zero-order valence-electron chi connectivity index (χ0n) is 44.6. The second-order valence-corrected chi connectivity index (χ2v) is 22.0. The number of aliphatic hydroxyl groups excluding tert-OH is 1. The van der Waals surface area contributed by atoms with Crippen LogP contribution < -0.4 is 29.9 Å². The minimum absolute atomic E-state index is 0.0403. The first-order valence-electron chi connectivity index (χ1n) is 26.8. The summed E-state index contributed by atoms with van der Waals surface area (Å²) in [7, 11) is 0. The van der Waals surface area contributed by atoms with Crippen molar-refractivity contribution in [1.29, 1.82) is 0 Å². The maximum absolute atomic E-state index is 14.3. The van der Waals surface area contributed by atoms with Crippen LogP contribution in [0.5, 0.6) is 17.5 Å². The summed E-state index contributed by atoms with van der Waals surface area (Å²) in [6.07, 6.45) is 1.79. The molecule has 8 heterocycles. The molecule has 7 atom stereocenters. The molecule has 2 aromatic carbocycles. The minimum Gasteiger partial charge on any atom is -0.507 e. The number of amides is 3. The van der Waals surface area contributed by atoms with Crippen LogP contribution in [0.3, 0.4) is 0 Å². The molecule has 0 radical (unpaired) electrons. The third-order valence-corrected chi connectivity index (χ3v) is 16.5. The molecule has 5 N–H and O–H groups in total. The fraction of sp³-hybridized carbons (Fsp3) is 0.464. The summed E-state index contributed by atoms with van der Waals surface area (Å²) in [5.74, 6) is -0.158. The minimum atomic E-state index is -1.23. The zero-order valence-corrected chi connectivity index (χ0v) is 45.4. The molecule has 0 saturated carbocycles. The number of phenolic OH excluding ortho intramolecular Hbond substituents is 1. The summed E-state index contributed by atoms with van der Waals surface area (Å²) in [6.45, 7) is 16.0. The summed E-state index contributed by atoms with van der Waals surface area (Å²) in [5, 5.41) is 49.0. The molecule has 21 nitrogen and oxygen atoms in total. The monoisotopic (exact) mass is 1080 g/mol. The number of hydrogen-bond donors (Lipinski definition) is 5. The number of β-amino-alcohol motifs (C(OH)–C–C–N with tert-alkyl or cyclic N) is 1. The number of carboxylic acid groups (broad SMARTS) is 1. The Kier molecular flexibility index (Phi) is 16.4. The van der Waals surface area contributed by atoms with Gasteiger partial charge in [-0.1, -0.05) is 50.2 Å². The quantitative estimate of drug-likeness (QED) is 0.0569. The van der Waals surface area contributed by atoms with Gasteiger partial charge in [-0.15, -0.1) is 21.5 Å². The standard InChI is InChI=1S/C56H68N12O9S/c1-33(2)51(55(72)67-31-42(69)25-46(67)54(71)59-35(4)37-10-12-38(13-11-37)52-36(5)58-32-78-52)48-27-50(63-77-48)76-22-20-64-18-19-65(34(3)28-64)21-23-75-49-24-39(16-17-57-49)68-40-14-15-41(68)30-66(29-40)45-26-44(43-8-6-7-9-47(43)70)61-62-53(45)60-56(73)74/h6-13,16-17,24,26-27,32-35,40-42,46,51,69-70H,14-15,18-23,25,28-31H2,1-5H3,(H,59,71)(H,60,62)(H,73,74)/t34-,35+,40?,41?,42-,46+,51-/m1/s1. The number of rotatable bonds is 19. The summed E-state index contributed by atoms with van der Waals surface area (Å²) in [4.78, 5) is 60.6. The van der Waals surface area contributed by atoms with Crippen molar-refractivity contribution in [3.05, 3.63) is 102 Å². The fourth-order valence-electron chi connectivity index (χ4n) is 11.5. The molecular formula is C56H68N12O9S. The van der Waals surface area contributed by atoms with Gasteiger partial charge in [-0.2, -0.15) is 0 Å². The SMILES string of the molecule is Cc1ncsc1-c1ccc([C@H](C)NC(=O)[C@@H]2C[C@@H](O)CN2C(=O)[C@@H](c2cc(OCCN3CCN(CCOc4cc(N5C6CCC5CN(c5cc(-c7ccccc7O)nnc5NC(=O)O)C6)ccn4)[C@H](C)C3)no2)C(C)C)cc1. The van der Waals surface area contributed by atoms with E-state index in [0.717, 1.165) is 66.4 Å². The number of nitrogens with one attached hydrogen (secondary N) is 2. The largest absolute Gasteiger partial charge is 0.507 e. The number of aliphatic hydroxyl groups is 1. The highest BCUT2D eigenvalue weighted by molar-refractivity contribution is 7.13. The summed E-state index contributed by atoms with van der Waals surface area (Å²) in [6, 6.07) is 21.8. The van der Waals surface area contributed by atoms with Gasteiger partial charge < -0.3 is 49.3 Å². The van der Waals surface area contributed by atoms with E-state index in [0.29, 0.717) is 61.4 Å². The van der Waals surface area contributed by atoms with E-state index in [1.54, 1.807) is 53.9 Å². The number of ether oxygens (including phenoxy) is 2. The number of piperazine rings is 2. The van der Waals surface area contributed by atoms with Gasteiger partial charge in [0.1, 0.15) is 30.9 Å². The number of nitrogens with zero attached hydrogens (tertiary/aromatic N) is 10. The molecule has 6 aromatic rings. The van der Waals surface area contributed by atoms with Crippen LogP contribution in [0.4, 0.5) is 22.0 Å². The molecule has 3 amide bonds. The highest BCUT2D eigenvalue weighted by atomic mass is 32.1. The van der Waals surface area contributed by atoms with Crippen LogP contribution >= 0.6 is 11.3 Å². The van der Waals surface area contributed by atoms with Crippen LogP contribution in [-0.4, -0.2) is 169 Å². The first kappa shape index (κ1) is 54.0. The second kappa shape index (κ2) is 23.7. The lowest BCUT2D eigenvalue weighted by molar-refractivity contribution is -0.141. The number of likely N-dealkylation sites (tertiary alicyclic amines) is 1. The van der Waals surface area contributed by atoms with Crippen molar-refractivity contribution < 1.29 is 43.7 Å². The molecule has 2 bridgehead atoms. The number of benzene rings is 2. The Bertz CT molecular complexity index is 3050. The normalized spacial score (nSPS) is 21.4. The molecule has 0 spiro atoms. The second-order valence-electron chi connectivity index (χ2n) is 21.1. The van der Waals surface area contributed by atoms with Gasteiger partial charge in [-0.05, 0) is 80.1 Å². The predicted octanol–water partition coefficient (Wildman–Crippen LogP) is 6.65. The van der Waals surface area contributed by atoms with Crippen molar-refractivity contribution in [2.24, 2.45) is 5.92 Å². The molecule has 22 heteroatoms. The Balaban J connectivity index is 0.673. The van der Waals surface area contributed by atoms with Gasteiger partial charge in [0.2, 0.25) is 17.7 Å². The topological polar surface area (TPSA) is 248 Å². The first-order valence-corrected chi connectivity index (χ1v) is 27.7. The number of aromatic hydroxyl groups is 1. The number of aromatic nitrogens is 5. The smallest absolute Gasteiger partial charge is 0.410 e. The van der Waals surface area contributed by atoms with E-state index in [9.17, 15) is 29.7 Å². The van der Waals surface area contributed by atoms with Crippen LogP contribution in [0.15, 0.2) is 89.0 Å². The van der Waals surface area contributed by atoms with Crippen LogP contribution in [0.2, 0.25) is 0 Å². The van der Waals surface area contributed by atoms with Crippen molar-refractivity contribution in [3.8, 4) is 39.2 Å². The first-order chi connectivity index (χ1) is 37.7.